The first-order valence-electron chi connectivity index (χ1n) is 4.09. The summed E-state index contributed by atoms with van der Waals surface area (Å²) >= 11 is 4.35. The molecule has 0 aliphatic rings. The molecule has 0 unspecified atom stereocenters. The Labute approximate surface area is 94.2 Å². The zero-order valence-electron chi connectivity index (χ0n) is 8.02. The number of hydrogen-bond donors (Lipinski definition) is 1. The van der Waals surface area contributed by atoms with Crippen LogP contribution in [0.5, 0.6) is 0 Å². The summed E-state index contributed by atoms with van der Waals surface area (Å²) in [6.45, 7) is 1.89. The first-order valence-corrected chi connectivity index (χ1v) is 5.99. The molecule has 78 valence electrons. The molecule has 1 rings (SSSR count). The van der Waals surface area contributed by atoms with Crippen LogP contribution in [0, 0.1) is 6.92 Å². The quantitative estimate of drug-likeness (QED) is 0.643. The highest BCUT2D eigenvalue weighted by molar-refractivity contribution is 7.89. The van der Waals surface area contributed by atoms with Crippen LogP contribution in [0.2, 0.25) is 0 Å². The van der Waals surface area contributed by atoms with Crippen molar-refractivity contribution in [2.24, 2.45) is 0 Å². The van der Waals surface area contributed by atoms with E-state index in [0.29, 0.717) is 0 Å². The number of benzene rings is 1. The summed E-state index contributed by atoms with van der Waals surface area (Å²) in [5.74, 6) is 0. The van der Waals surface area contributed by atoms with Crippen molar-refractivity contribution in [3.8, 4) is 0 Å². The second-order valence-corrected chi connectivity index (χ2v) is 4.74. The molecule has 1 N–H and O–H groups in total. The maximum Gasteiger partial charge on any atom is 0.261 e. The smallest absolute Gasteiger partial charge is 0.261 e. The van der Waals surface area contributed by atoms with Gasteiger partial charge in [0.15, 0.2) is 0 Å². The van der Waals surface area contributed by atoms with Crippen LogP contribution in [-0.2, 0) is 10.0 Å². The third kappa shape index (κ3) is 3.35. The molecule has 0 heterocycles. The van der Waals surface area contributed by atoms with E-state index in [0.717, 1.165) is 11.8 Å². The molecule has 3 nitrogen and oxygen atoms in total. The summed E-state index contributed by atoms with van der Waals surface area (Å²) in [6.07, 6.45) is 1.11. The zero-order chi connectivity index (χ0) is 11.3. The minimum atomic E-state index is -3.50. The highest BCUT2D eigenvalue weighted by Gasteiger charge is 2.10. The van der Waals surface area contributed by atoms with E-state index in [1.165, 1.54) is 12.1 Å². The second kappa shape index (κ2) is 4.91. The van der Waals surface area contributed by atoms with Gasteiger partial charge in [0, 0.05) is 5.02 Å². The van der Waals surface area contributed by atoms with E-state index in [2.05, 4.69) is 27.7 Å². The van der Waals surface area contributed by atoms with Crippen LogP contribution in [-0.4, -0.2) is 13.4 Å². The van der Waals surface area contributed by atoms with Crippen LogP contribution in [0.4, 0.5) is 0 Å². The molecule has 0 fully saturated rings. The Kier molecular flexibility index (Phi) is 3.83. The predicted molar refractivity (Wildman–Crippen MR) is 62.2 cm³/mol. The van der Waals surface area contributed by atoms with E-state index in [1.54, 1.807) is 12.1 Å². The largest absolute Gasteiger partial charge is 0.278 e. The lowest BCUT2D eigenvalue weighted by Gasteiger charge is -2.02. The topological polar surface area (TPSA) is 46.2 Å². The molecule has 1 aromatic rings. The molecule has 0 atom stereocenters. The lowest BCUT2D eigenvalue weighted by molar-refractivity contribution is 0.590. The van der Waals surface area contributed by atoms with Crippen molar-refractivity contribution in [1.29, 1.82) is 0 Å². The molecule has 15 heavy (non-hydrogen) atoms. The van der Waals surface area contributed by atoms with Gasteiger partial charge in [-0.15, -0.1) is 0 Å². The van der Waals surface area contributed by atoms with Gasteiger partial charge in [-0.05, 0) is 37.0 Å². The van der Waals surface area contributed by atoms with Gasteiger partial charge in [-0.2, -0.15) is 0 Å². The fourth-order valence-electron chi connectivity index (χ4n) is 0.922. The number of thiocarbonyl (C=S) groups is 1. The molecule has 0 spiro atoms. The van der Waals surface area contributed by atoms with Gasteiger partial charge >= 0.3 is 0 Å². The van der Waals surface area contributed by atoms with Crippen molar-refractivity contribution in [3.05, 3.63) is 41.8 Å². The van der Waals surface area contributed by atoms with Gasteiger partial charge in [0.25, 0.3) is 10.0 Å². The van der Waals surface area contributed by atoms with Crippen LogP contribution in [0.15, 0.2) is 41.1 Å². The predicted octanol–water partition coefficient (Wildman–Crippen LogP) is 1.54. The van der Waals surface area contributed by atoms with Crippen molar-refractivity contribution >= 4 is 27.3 Å². The van der Waals surface area contributed by atoms with E-state index in [9.17, 15) is 8.42 Å². The number of hydrogen-bond acceptors (Lipinski definition) is 3. The minimum absolute atomic E-state index is 0.204. The second-order valence-electron chi connectivity index (χ2n) is 2.83. The lowest BCUT2D eigenvalue weighted by Crippen LogP contribution is -2.17. The maximum absolute atomic E-state index is 11.6. The molecule has 0 bridgehead atoms. The van der Waals surface area contributed by atoms with Crippen LogP contribution < -0.4 is 4.72 Å². The summed E-state index contributed by atoms with van der Waals surface area (Å²) in [6, 6.07) is 6.53. The number of sulfonamides is 1. The highest BCUT2D eigenvalue weighted by Crippen LogP contribution is 2.09. The molecule has 5 heteroatoms. The third-order valence-electron chi connectivity index (χ3n) is 1.68. The molecule has 0 amide bonds. The molecule has 0 aromatic heterocycles. The van der Waals surface area contributed by atoms with E-state index in [-0.39, 0.29) is 4.90 Å². The Morgan fingerprint density at radius 1 is 1.33 bits per heavy atom. The normalized spacial score (nSPS) is 9.93. The summed E-state index contributed by atoms with van der Waals surface area (Å²) in [4.78, 5) is 0.204. The van der Waals surface area contributed by atoms with Crippen LogP contribution in [0.3, 0.4) is 0 Å². The standard InChI is InChI=1S/C10H9NO2S2/c1-9-3-5-10(6-4-9)15(12,13)11-7-2-8-14/h3-7,11H,1H3. The molecular weight excluding hydrogens is 230 g/mol. The van der Waals surface area contributed by atoms with Gasteiger partial charge in [-0.25, -0.2) is 8.42 Å². The summed E-state index contributed by atoms with van der Waals surface area (Å²) in [5.41, 5.74) is 3.34. The molecule has 1 aromatic carbocycles. The number of nitrogens with one attached hydrogen (secondary N) is 1. The van der Waals surface area contributed by atoms with Crippen LogP contribution >= 0.6 is 12.2 Å². The fourth-order valence-corrected chi connectivity index (χ4v) is 1.83. The average Bonchev–Trinajstić information content (AvgIpc) is 2.18. The highest BCUT2D eigenvalue weighted by atomic mass is 32.2. The maximum atomic E-state index is 11.6. The van der Waals surface area contributed by atoms with Crippen molar-refractivity contribution < 1.29 is 8.42 Å². The van der Waals surface area contributed by atoms with Gasteiger partial charge < -0.3 is 0 Å². The molecular formula is C10H9NO2S2. The van der Waals surface area contributed by atoms with Gasteiger partial charge in [0.1, 0.15) is 0 Å². The van der Waals surface area contributed by atoms with E-state index >= 15 is 0 Å². The summed E-state index contributed by atoms with van der Waals surface area (Å²) in [5, 5.41) is 2.15. The van der Waals surface area contributed by atoms with Crippen molar-refractivity contribution in [2.45, 2.75) is 11.8 Å². The van der Waals surface area contributed by atoms with E-state index < -0.39 is 10.0 Å². The van der Waals surface area contributed by atoms with Gasteiger partial charge in [-0.3, -0.25) is 4.72 Å². The van der Waals surface area contributed by atoms with Crippen LogP contribution in [0.1, 0.15) is 5.56 Å². The van der Waals surface area contributed by atoms with Crippen molar-refractivity contribution in [3.63, 3.8) is 0 Å². The summed E-state index contributed by atoms with van der Waals surface area (Å²) in [7, 11) is -3.50. The van der Waals surface area contributed by atoms with E-state index in [4.69, 9.17) is 0 Å². The number of aryl methyl sites for hydroxylation is 1. The van der Waals surface area contributed by atoms with Gasteiger partial charge in [0.2, 0.25) is 0 Å². The molecule has 0 saturated heterocycles. The molecule has 0 aliphatic carbocycles. The minimum Gasteiger partial charge on any atom is -0.278 e. The monoisotopic (exact) mass is 239 g/mol. The molecule has 0 saturated carbocycles. The van der Waals surface area contributed by atoms with Crippen LogP contribution in [0.25, 0.3) is 0 Å². The number of rotatable bonds is 3. The van der Waals surface area contributed by atoms with E-state index in [1.807, 2.05) is 6.92 Å². The Bertz CT molecular complexity index is 519. The zero-order valence-corrected chi connectivity index (χ0v) is 9.65. The Hall–Kier alpha value is -1.38. The Morgan fingerprint density at radius 2 is 1.93 bits per heavy atom. The van der Waals surface area contributed by atoms with Gasteiger partial charge in [-0.1, -0.05) is 17.7 Å². The first-order chi connectivity index (χ1) is 7.06. The third-order valence-corrected chi connectivity index (χ3v) is 3.12. The summed E-state index contributed by atoms with van der Waals surface area (Å²) < 4.78 is 25.4. The Balaban J connectivity index is 3.01. The SMILES string of the molecule is Cc1ccc(S(=O)(=O)NC=C=C=S)cc1. The van der Waals surface area contributed by atoms with Crippen molar-refractivity contribution in [2.75, 3.05) is 0 Å². The Morgan fingerprint density at radius 3 is 2.47 bits per heavy atom. The van der Waals surface area contributed by atoms with Crippen molar-refractivity contribution in [1.82, 2.24) is 4.72 Å². The molecule has 0 radical (unpaired) electrons. The first kappa shape index (κ1) is 11.7. The lowest BCUT2D eigenvalue weighted by atomic mass is 10.2. The molecule has 0 aliphatic heterocycles. The average molecular weight is 239 g/mol. The fraction of sp³-hybridized carbons (Fsp3) is 0.100. The van der Waals surface area contributed by atoms with Gasteiger partial charge in [0.05, 0.1) is 11.1 Å².